The van der Waals surface area contributed by atoms with Crippen molar-refractivity contribution in [2.45, 2.75) is 19.9 Å². The van der Waals surface area contributed by atoms with Gasteiger partial charge in [0.25, 0.3) is 0 Å². The van der Waals surface area contributed by atoms with Crippen LogP contribution in [-0.4, -0.2) is 24.3 Å². The summed E-state index contributed by atoms with van der Waals surface area (Å²) in [5, 5.41) is 4.25. The van der Waals surface area contributed by atoms with Crippen molar-refractivity contribution in [3.63, 3.8) is 0 Å². The van der Waals surface area contributed by atoms with Gasteiger partial charge >= 0.3 is 0 Å². The van der Waals surface area contributed by atoms with Crippen molar-refractivity contribution in [1.29, 1.82) is 0 Å². The average Bonchev–Trinajstić information content (AvgIpc) is 2.83. The molecule has 2 aromatic rings. The lowest BCUT2D eigenvalue weighted by Gasteiger charge is -2.15. The summed E-state index contributed by atoms with van der Waals surface area (Å²) in [5.41, 5.74) is 1.19. The van der Waals surface area contributed by atoms with Gasteiger partial charge in [0.15, 0.2) is 0 Å². The summed E-state index contributed by atoms with van der Waals surface area (Å²) in [6.45, 7) is 4.47. The topological polar surface area (TPSA) is 43.6 Å². The largest absolute Gasteiger partial charge is 0.381 e. The van der Waals surface area contributed by atoms with Crippen molar-refractivity contribution >= 4 is 10.9 Å². The Labute approximate surface area is 113 Å². The first-order valence-electron chi connectivity index (χ1n) is 6.76. The van der Waals surface area contributed by atoms with Crippen LogP contribution in [-0.2, 0) is 11.3 Å². The molecule has 0 N–H and O–H groups in total. The van der Waals surface area contributed by atoms with Gasteiger partial charge in [0, 0.05) is 30.8 Å². The van der Waals surface area contributed by atoms with Gasteiger partial charge in [-0.2, -0.15) is 4.91 Å². The Hall–Kier alpha value is -1.68. The van der Waals surface area contributed by atoms with Gasteiger partial charge < -0.3 is 9.30 Å². The molecule has 0 aliphatic carbocycles. The minimum Gasteiger partial charge on any atom is -0.381 e. The van der Waals surface area contributed by atoms with Crippen LogP contribution < -0.4 is 0 Å². The van der Waals surface area contributed by atoms with E-state index in [1.165, 1.54) is 10.9 Å². The number of hydrogen-bond acceptors (Lipinski definition) is 3. The maximum absolute atomic E-state index is 10.5. The highest BCUT2D eigenvalue weighted by Crippen LogP contribution is 2.17. The van der Waals surface area contributed by atoms with E-state index in [0.717, 1.165) is 19.6 Å². The zero-order chi connectivity index (χ0) is 13.5. The summed E-state index contributed by atoms with van der Waals surface area (Å²) in [6.07, 6.45) is 3.05. The standard InChI is InChI=1S/C15H20N2O2/c1-2-9-19-12-13(10-16-18)11-17-8-7-14-5-3-4-6-15(14)17/h3-8,13H,2,9-12H2,1H3. The van der Waals surface area contributed by atoms with Crippen LogP contribution in [0.4, 0.5) is 0 Å². The lowest BCUT2D eigenvalue weighted by molar-refractivity contribution is 0.0967. The Morgan fingerprint density at radius 1 is 1.32 bits per heavy atom. The minimum atomic E-state index is 0.139. The molecule has 0 fully saturated rings. The highest BCUT2D eigenvalue weighted by molar-refractivity contribution is 5.79. The second-order valence-electron chi connectivity index (χ2n) is 4.78. The summed E-state index contributed by atoms with van der Waals surface area (Å²) in [7, 11) is 0. The van der Waals surface area contributed by atoms with Gasteiger partial charge in [0.1, 0.15) is 0 Å². The van der Waals surface area contributed by atoms with Gasteiger partial charge in [-0.05, 0) is 23.9 Å². The fourth-order valence-corrected chi connectivity index (χ4v) is 2.24. The van der Waals surface area contributed by atoms with E-state index in [2.05, 4.69) is 41.1 Å². The molecule has 0 amide bonds. The second-order valence-corrected chi connectivity index (χ2v) is 4.78. The first kappa shape index (κ1) is 13.7. The van der Waals surface area contributed by atoms with E-state index < -0.39 is 0 Å². The second kappa shape index (κ2) is 7.04. The highest BCUT2D eigenvalue weighted by Gasteiger charge is 2.11. The average molecular weight is 260 g/mol. The smallest absolute Gasteiger partial charge is 0.0878 e. The molecular formula is C15H20N2O2. The lowest BCUT2D eigenvalue weighted by Crippen LogP contribution is -2.19. The van der Waals surface area contributed by atoms with Gasteiger partial charge in [0.05, 0.1) is 13.2 Å². The third-order valence-corrected chi connectivity index (χ3v) is 3.17. The molecule has 0 bridgehead atoms. The van der Waals surface area contributed by atoms with Crippen LogP contribution in [0.5, 0.6) is 0 Å². The molecule has 1 heterocycles. The van der Waals surface area contributed by atoms with Crippen LogP contribution in [0.25, 0.3) is 10.9 Å². The van der Waals surface area contributed by atoms with Crippen LogP contribution in [0.15, 0.2) is 41.7 Å². The summed E-state index contributed by atoms with van der Waals surface area (Å²) in [4.78, 5) is 10.5. The maximum atomic E-state index is 10.5. The molecule has 0 aliphatic rings. The van der Waals surface area contributed by atoms with Crippen molar-refractivity contribution in [2.75, 3.05) is 19.8 Å². The molecule has 4 heteroatoms. The van der Waals surface area contributed by atoms with E-state index >= 15 is 0 Å². The SMILES string of the molecule is CCCOCC(CN=O)Cn1ccc2ccccc21. The summed E-state index contributed by atoms with van der Waals surface area (Å²) in [5.74, 6) is 0.139. The first-order valence-corrected chi connectivity index (χ1v) is 6.76. The summed E-state index contributed by atoms with van der Waals surface area (Å²) < 4.78 is 7.71. The monoisotopic (exact) mass is 260 g/mol. The molecule has 1 aromatic heterocycles. The van der Waals surface area contributed by atoms with Crippen LogP contribution in [0.2, 0.25) is 0 Å². The lowest BCUT2D eigenvalue weighted by atomic mass is 10.1. The molecule has 0 saturated carbocycles. The number of para-hydroxylation sites is 1. The van der Waals surface area contributed by atoms with Crippen molar-refractivity contribution in [1.82, 2.24) is 4.57 Å². The molecule has 102 valence electrons. The van der Waals surface area contributed by atoms with Crippen molar-refractivity contribution in [2.24, 2.45) is 11.1 Å². The highest BCUT2D eigenvalue weighted by atomic mass is 16.5. The molecular weight excluding hydrogens is 240 g/mol. The molecule has 1 aromatic carbocycles. The molecule has 1 unspecified atom stereocenters. The van der Waals surface area contributed by atoms with Crippen molar-refractivity contribution < 1.29 is 4.74 Å². The van der Waals surface area contributed by atoms with Gasteiger partial charge in [-0.15, -0.1) is 0 Å². The van der Waals surface area contributed by atoms with Gasteiger partial charge in [-0.1, -0.05) is 30.3 Å². The number of nitroso groups, excluding NO2 is 1. The van der Waals surface area contributed by atoms with Crippen LogP contribution in [0.1, 0.15) is 13.3 Å². The zero-order valence-corrected chi connectivity index (χ0v) is 11.3. The van der Waals surface area contributed by atoms with Gasteiger partial charge in [-0.3, -0.25) is 0 Å². The van der Waals surface area contributed by atoms with Gasteiger partial charge in [-0.25, -0.2) is 0 Å². The summed E-state index contributed by atoms with van der Waals surface area (Å²) >= 11 is 0. The van der Waals surface area contributed by atoms with E-state index in [1.807, 2.05) is 12.1 Å². The number of aromatic nitrogens is 1. The van der Waals surface area contributed by atoms with E-state index in [9.17, 15) is 4.91 Å². The van der Waals surface area contributed by atoms with E-state index in [1.54, 1.807) is 0 Å². The molecule has 2 rings (SSSR count). The summed E-state index contributed by atoms with van der Waals surface area (Å²) in [6, 6.07) is 10.3. The normalized spacial score (nSPS) is 12.7. The van der Waals surface area contributed by atoms with Crippen LogP contribution >= 0.6 is 0 Å². The minimum absolute atomic E-state index is 0.139. The fourth-order valence-electron chi connectivity index (χ4n) is 2.24. The number of fused-ring (bicyclic) bond motifs is 1. The van der Waals surface area contributed by atoms with Crippen molar-refractivity contribution in [3.05, 3.63) is 41.4 Å². The molecule has 0 saturated heterocycles. The molecule has 0 radical (unpaired) electrons. The fraction of sp³-hybridized carbons (Fsp3) is 0.467. The zero-order valence-electron chi connectivity index (χ0n) is 11.3. The Morgan fingerprint density at radius 3 is 2.95 bits per heavy atom. The molecule has 1 atom stereocenters. The van der Waals surface area contributed by atoms with Crippen LogP contribution in [0, 0.1) is 10.8 Å². The predicted octanol–water partition coefficient (Wildman–Crippen LogP) is 3.45. The van der Waals surface area contributed by atoms with E-state index in [4.69, 9.17) is 4.74 Å². The van der Waals surface area contributed by atoms with E-state index in [0.29, 0.717) is 13.2 Å². The number of ether oxygens (including phenoxy) is 1. The Kier molecular flexibility index (Phi) is 5.10. The molecule has 0 spiro atoms. The van der Waals surface area contributed by atoms with Crippen LogP contribution in [0.3, 0.4) is 0 Å². The van der Waals surface area contributed by atoms with Gasteiger partial charge in [0.2, 0.25) is 0 Å². The first-order chi connectivity index (χ1) is 9.35. The third-order valence-electron chi connectivity index (χ3n) is 3.17. The Morgan fingerprint density at radius 2 is 2.16 bits per heavy atom. The number of rotatable bonds is 8. The number of nitrogens with zero attached hydrogens (tertiary/aromatic N) is 2. The number of benzene rings is 1. The Balaban J connectivity index is 2.05. The quantitative estimate of drug-likeness (QED) is 0.539. The molecule has 0 aliphatic heterocycles. The van der Waals surface area contributed by atoms with E-state index in [-0.39, 0.29) is 5.92 Å². The molecule has 4 nitrogen and oxygen atoms in total. The van der Waals surface area contributed by atoms with Crippen molar-refractivity contribution in [3.8, 4) is 0 Å². The molecule has 19 heavy (non-hydrogen) atoms. The maximum Gasteiger partial charge on any atom is 0.0878 e. The number of hydrogen-bond donors (Lipinski definition) is 0. The third kappa shape index (κ3) is 3.64. The predicted molar refractivity (Wildman–Crippen MR) is 77.2 cm³/mol. The Bertz CT molecular complexity index is 522.